The number of likely N-dealkylation sites (tertiary alicyclic amines) is 1. The number of rotatable bonds is 4. The van der Waals surface area contributed by atoms with Crippen molar-refractivity contribution in [2.45, 2.75) is 25.8 Å². The van der Waals surface area contributed by atoms with E-state index < -0.39 is 0 Å². The maximum Gasteiger partial charge on any atom is 0.253 e. The van der Waals surface area contributed by atoms with Gasteiger partial charge in [0.05, 0.1) is 5.56 Å². The highest BCUT2D eigenvalue weighted by molar-refractivity contribution is 9.10. The van der Waals surface area contributed by atoms with Gasteiger partial charge in [-0.25, -0.2) is 0 Å². The Kier molecular flexibility index (Phi) is 6.46. The number of anilines is 1. The molecule has 2 aromatic rings. The van der Waals surface area contributed by atoms with Gasteiger partial charge in [-0.15, -0.1) is 0 Å². The second-order valence-corrected chi connectivity index (χ2v) is 7.64. The molecule has 146 valence electrons. The molecule has 1 aliphatic heterocycles. The quantitative estimate of drug-likeness (QED) is 0.759. The fourth-order valence-electron chi connectivity index (χ4n) is 3.25. The first-order chi connectivity index (χ1) is 13.4. The largest absolute Gasteiger partial charge is 0.349 e. The van der Waals surface area contributed by atoms with Crippen LogP contribution >= 0.6 is 15.9 Å². The number of benzene rings is 2. The summed E-state index contributed by atoms with van der Waals surface area (Å²) in [5.41, 5.74) is 1.76. The van der Waals surface area contributed by atoms with Crippen LogP contribution < -0.4 is 10.6 Å². The van der Waals surface area contributed by atoms with Crippen LogP contribution in [0.5, 0.6) is 0 Å². The fraction of sp³-hybridized carbons (Fsp3) is 0.286. The van der Waals surface area contributed by atoms with Gasteiger partial charge in [0.1, 0.15) is 0 Å². The van der Waals surface area contributed by atoms with Crippen LogP contribution in [0, 0.1) is 0 Å². The molecule has 2 N–H and O–H groups in total. The van der Waals surface area contributed by atoms with Crippen molar-refractivity contribution in [2.75, 3.05) is 18.4 Å². The smallest absolute Gasteiger partial charge is 0.253 e. The molecule has 0 aromatic heterocycles. The van der Waals surface area contributed by atoms with E-state index in [1.54, 1.807) is 35.2 Å². The normalized spacial score (nSPS) is 14.4. The molecule has 0 saturated carbocycles. The van der Waals surface area contributed by atoms with Gasteiger partial charge in [-0.2, -0.15) is 0 Å². The van der Waals surface area contributed by atoms with E-state index in [1.165, 1.54) is 6.92 Å². The molecule has 28 heavy (non-hydrogen) atoms. The van der Waals surface area contributed by atoms with Crippen LogP contribution in [0.1, 0.15) is 40.5 Å². The molecule has 1 aliphatic rings. The van der Waals surface area contributed by atoms with E-state index in [2.05, 4.69) is 26.6 Å². The molecule has 2 aromatic carbocycles. The van der Waals surface area contributed by atoms with Gasteiger partial charge < -0.3 is 15.5 Å². The van der Waals surface area contributed by atoms with Gasteiger partial charge in [-0.05, 0) is 59.1 Å². The van der Waals surface area contributed by atoms with Gasteiger partial charge in [0, 0.05) is 41.8 Å². The van der Waals surface area contributed by atoms with Gasteiger partial charge in [0.25, 0.3) is 11.8 Å². The molecule has 1 heterocycles. The molecule has 3 rings (SSSR count). The zero-order valence-electron chi connectivity index (χ0n) is 15.6. The molecule has 1 fully saturated rings. The van der Waals surface area contributed by atoms with E-state index in [0.717, 1.165) is 4.47 Å². The summed E-state index contributed by atoms with van der Waals surface area (Å²) in [7, 11) is 0. The Labute approximate surface area is 172 Å². The number of piperidine rings is 1. The average Bonchev–Trinajstić information content (AvgIpc) is 2.68. The number of hydrogen-bond donors (Lipinski definition) is 2. The number of nitrogens with zero attached hydrogens (tertiary/aromatic N) is 1. The first kappa shape index (κ1) is 20.1. The van der Waals surface area contributed by atoms with Gasteiger partial charge in [-0.3, -0.25) is 14.4 Å². The SMILES string of the molecule is CC(=O)Nc1cccc(C(=O)N2CCC(NC(=O)c3ccccc3Br)CC2)c1. The summed E-state index contributed by atoms with van der Waals surface area (Å²) in [6.45, 7) is 2.58. The molecule has 1 saturated heterocycles. The van der Waals surface area contributed by atoms with E-state index in [4.69, 9.17) is 0 Å². The summed E-state index contributed by atoms with van der Waals surface area (Å²) in [4.78, 5) is 38.2. The lowest BCUT2D eigenvalue weighted by Gasteiger charge is -2.32. The van der Waals surface area contributed by atoms with Gasteiger partial charge >= 0.3 is 0 Å². The van der Waals surface area contributed by atoms with Crippen LogP contribution in [0.15, 0.2) is 53.0 Å². The summed E-state index contributed by atoms with van der Waals surface area (Å²) in [5, 5.41) is 5.74. The van der Waals surface area contributed by atoms with Crippen molar-refractivity contribution in [3.05, 3.63) is 64.1 Å². The highest BCUT2D eigenvalue weighted by atomic mass is 79.9. The molecule has 0 bridgehead atoms. The van der Waals surface area contributed by atoms with Crippen LogP contribution in [-0.2, 0) is 4.79 Å². The Morgan fingerprint density at radius 2 is 1.75 bits per heavy atom. The minimum atomic E-state index is -0.175. The van der Waals surface area contributed by atoms with Gasteiger partial charge in [-0.1, -0.05) is 18.2 Å². The molecule has 0 aliphatic carbocycles. The summed E-state index contributed by atoms with van der Waals surface area (Å²) in [5.74, 6) is -0.353. The topological polar surface area (TPSA) is 78.5 Å². The third-order valence-electron chi connectivity index (χ3n) is 4.67. The standard InChI is InChI=1S/C21H22BrN3O3/c1-14(26)23-17-6-4-5-15(13-17)21(28)25-11-9-16(10-12-25)24-20(27)18-7-2-3-8-19(18)22/h2-8,13,16H,9-12H2,1H3,(H,23,26)(H,24,27). The Morgan fingerprint density at radius 3 is 2.43 bits per heavy atom. The number of amides is 3. The van der Waals surface area contributed by atoms with Crippen LogP contribution in [0.4, 0.5) is 5.69 Å². The minimum Gasteiger partial charge on any atom is -0.349 e. The van der Waals surface area contributed by atoms with Gasteiger partial charge in [0.15, 0.2) is 0 Å². The van der Waals surface area contributed by atoms with Crippen LogP contribution in [0.25, 0.3) is 0 Å². The van der Waals surface area contributed by atoms with Crippen LogP contribution in [0.2, 0.25) is 0 Å². The third kappa shape index (κ3) is 4.98. The summed E-state index contributed by atoms with van der Waals surface area (Å²) < 4.78 is 0.763. The number of halogens is 1. The molecule has 0 unspecified atom stereocenters. The lowest BCUT2D eigenvalue weighted by Crippen LogP contribution is -2.46. The van der Waals surface area contributed by atoms with Crippen molar-refractivity contribution in [3.63, 3.8) is 0 Å². The van der Waals surface area contributed by atoms with Crippen molar-refractivity contribution in [1.82, 2.24) is 10.2 Å². The number of carbonyl (C=O) groups is 3. The summed E-state index contributed by atoms with van der Waals surface area (Å²) in [6, 6.07) is 14.3. The monoisotopic (exact) mass is 443 g/mol. The van der Waals surface area contributed by atoms with Crippen molar-refractivity contribution in [2.24, 2.45) is 0 Å². The van der Waals surface area contributed by atoms with Crippen molar-refractivity contribution < 1.29 is 14.4 Å². The zero-order chi connectivity index (χ0) is 20.1. The molecule has 3 amide bonds. The number of hydrogen-bond acceptors (Lipinski definition) is 3. The molecular formula is C21H22BrN3O3. The van der Waals surface area contributed by atoms with Crippen molar-refractivity contribution >= 4 is 39.3 Å². The third-order valence-corrected chi connectivity index (χ3v) is 5.36. The van der Waals surface area contributed by atoms with Gasteiger partial charge in [0.2, 0.25) is 5.91 Å². The molecule has 6 nitrogen and oxygen atoms in total. The molecular weight excluding hydrogens is 422 g/mol. The Morgan fingerprint density at radius 1 is 1.04 bits per heavy atom. The summed E-state index contributed by atoms with van der Waals surface area (Å²) >= 11 is 3.40. The maximum atomic E-state index is 12.8. The van der Waals surface area contributed by atoms with E-state index in [-0.39, 0.29) is 23.8 Å². The van der Waals surface area contributed by atoms with Crippen molar-refractivity contribution in [3.8, 4) is 0 Å². The molecule has 7 heteroatoms. The predicted molar refractivity (Wildman–Crippen MR) is 111 cm³/mol. The van der Waals surface area contributed by atoms with E-state index in [9.17, 15) is 14.4 Å². The Balaban J connectivity index is 1.56. The molecule has 0 radical (unpaired) electrons. The lowest BCUT2D eigenvalue weighted by molar-refractivity contribution is -0.114. The number of carbonyl (C=O) groups excluding carboxylic acids is 3. The Bertz CT molecular complexity index is 892. The highest BCUT2D eigenvalue weighted by Crippen LogP contribution is 2.19. The fourth-order valence-corrected chi connectivity index (χ4v) is 3.72. The van der Waals surface area contributed by atoms with Crippen LogP contribution in [0.3, 0.4) is 0 Å². The molecule has 0 atom stereocenters. The minimum absolute atomic E-state index is 0.0365. The van der Waals surface area contributed by atoms with E-state index in [1.807, 2.05) is 18.2 Å². The van der Waals surface area contributed by atoms with E-state index in [0.29, 0.717) is 42.7 Å². The summed E-state index contributed by atoms with van der Waals surface area (Å²) in [6.07, 6.45) is 1.40. The van der Waals surface area contributed by atoms with E-state index >= 15 is 0 Å². The Hall–Kier alpha value is -2.67. The maximum absolute atomic E-state index is 12.8. The first-order valence-corrected chi connectivity index (χ1v) is 9.95. The zero-order valence-corrected chi connectivity index (χ0v) is 17.2. The molecule has 0 spiro atoms. The van der Waals surface area contributed by atoms with Crippen LogP contribution in [-0.4, -0.2) is 41.8 Å². The predicted octanol–water partition coefficient (Wildman–Crippen LogP) is 3.44. The lowest BCUT2D eigenvalue weighted by atomic mass is 10.0. The number of nitrogens with one attached hydrogen (secondary N) is 2. The second-order valence-electron chi connectivity index (χ2n) is 6.78. The second kappa shape index (κ2) is 9.01. The first-order valence-electron chi connectivity index (χ1n) is 9.16. The average molecular weight is 444 g/mol. The van der Waals surface area contributed by atoms with Crippen molar-refractivity contribution in [1.29, 1.82) is 0 Å². The highest BCUT2D eigenvalue weighted by Gasteiger charge is 2.25.